The van der Waals surface area contributed by atoms with Crippen LogP contribution in [0, 0.1) is 0 Å². The molecule has 0 saturated heterocycles. The molecule has 7 heteroatoms. The van der Waals surface area contributed by atoms with Crippen LogP contribution in [0.15, 0.2) is 315 Å². The van der Waals surface area contributed by atoms with Crippen molar-refractivity contribution in [2.75, 3.05) is 19.6 Å². The molecule has 89 heavy (non-hydrogen) atoms. The van der Waals surface area contributed by atoms with Crippen molar-refractivity contribution in [3.8, 4) is 64.5 Å². The number of hydrogen-bond donors (Lipinski definition) is 0. The standard InChI is InChI=1S/C82H52B2N4Se/c1-9-25-53(26-10-1)59-42-46-69-68(47-59)84-67-45-44-66-77-78(67)88(74-52-61(55-29-13-3-14-30-55)49-71(76(74)84)85(69)63-37-21-7-22-38-63)80-79(81(57-33-17-5-18-34-57)89-82(80)58-35-19-6-20-36-58)87(77)73-51-62(56-31-15-4-16-32-56)50-72-75(73)83(66)65-43-41-60(54-27-11-2-12-28-54)48-70(65)86(72)64-39-23-8-24-40-64/h1-52H. The molecular formula is C82H52B2N4Se. The van der Waals surface area contributed by atoms with Crippen LogP contribution in [0.2, 0.25) is 0 Å². The van der Waals surface area contributed by atoms with Gasteiger partial charge in [-0.3, -0.25) is 0 Å². The van der Waals surface area contributed by atoms with Gasteiger partial charge in [0.05, 0.1) is 0 Å². The molecule has 0 aliphatic carbocycles. The van der Waals surface area contributed by atoms with Crippen LogP contribution < -0.4 is 52.4 Å². The van der Waals surface area contributed by atoms with Crippen LogP contribution in [0.5, 0.6) is 0 Å². The fraction of sp³-hybridized carbons (Fsp3) is 0. The Morgan fingerprint density at radius 2 is 0.517 bits per heavy atom. The van der Waals surface area contributed by atoms with Gasteiger partial charge in [-0.2, -0.15) is 0 Å². The van der Waals surface area contributed by atoms with E-state index in [-0.39, 0.29) is 27.9 Å². The fourth-order valence-electron chi connectivity index (χ4n) is 15.3. The van der Waals surface area contributed by atoms with Gasteiger partial charge in [0.1, 0.15) is 0 Å². The van der Waals surface area contributed by atoms with E-state index in [0.717, 1.165) is 11.4 Å². The van der Waals surface area contributed by atoms with Crippen LogP contribution in [-0.2, 0) is 0 Å². The first-order valence-electron chi connectivity index (χ1n) is 30.8. The number of benzene rings is 13. The Kier molecular flexibility index (Phi) is 11.2. The summed E-state index contributed by atoms with van der Waals surface area (Å²) in [5.74, 6) is 0. The normalized spacial score (nSPS) is 13.3. The molecular weight excluding hydrogens is 1140 g/mol. The molecule has 412 valence electrons. The van der Waals surface area contributed by atoms with Crippen molar-refractivity contribution in [2.24, 2.45) is 0 Å². The van der Waals surface area contributed by atoms with E-state index in [1.54, 1.807) is 0 Å². The predicted octanol–water partition coefficient (Wildman–Crippen LogP) is 17.2. The maximum atomic E-state index is 2.79. The average molecular weight is 1190 g/mol. The van der Waals surface area contributed by atoms with Crippen molar-refractivity contribution >= 4 is 129 Å². The Bertz CT molecular complexity index is 5140. The van der Waals surface area contributed by atoms with E-state index in [0.29, 0.717) is 0 Å². The predicted molar refractivity (Wildman–Crippen MR) is 378 cm³/mol. The maximum absolute atomic E-state index is 2.79. The van der Waals surface area contributed by atoms with E-state index in [4.69, 9.17) is 0 Å². The van der Waals surface area contributed by atoms with Crippen molar-refractivity contribution in [2.45, 2.75) is 0 Å². The second kappa shape index (κ2) is 19.9. The van der Waals surface area contributed by atoms with Gasteiger partial charge in [0.2, 0.25) is 0 Å². The summed E-state index contributed by atoms with van der Waals surface area (Å²) in [6.07, 6.45) is 0. The molecule has 0 unspecified atom stereocenters. The van der Waals surface area contributed by atoms with Gasteiger partial charge >= 0.3 is 504 Å². The second-order valence-electron chi connectivity index (χ2n) is 23.9. The zero-order chi connectivity index (χ0) is 58.3. The third-order valence-electron chi connectivity index (χ3n) is 19.1. The average Bonchev–Trinajstić information content (AvgIpc) is 1.64. The van der Waals surface area contributed by atoms with Gasteiger partial charge in [-0.1, -0.05) is 24.3 Å². The summed E-state index contributed by atoms with van der Waals surface area (Å²) in [5.41, 5.74) is 34.3. The molecule has 0 radical (unpaired) electrons. The molecule has 0 spiro atoms. The van der Waals surface area contributed by atoms with E-state index < -0.39 is 0 Å². The Balaban J connectivity index is 0.993. The van der Waals surface area contributed by atoms with Gasteiger partial charge in [-0.25, -0.2) is 0 Å². The van der Waals surface area contributed by atoms with Crippen LogP contribution in [0.25, 0.3) is 64.5 Å². The van der Waals surface area contributed by atoms with E-state index in [1.165, 1.54) is 154 Å². The summed E-state index contributed by atoms with van der Waals surface area (Å²) >= 11 is -0.151. The summed E-state index contributed by atoms with van der Waals surface area (Å²) in [6, 6.07) is 119. The summed E-state index contributed by atoms with van der Waals surface area (Å²) < 4.78 is 2.74. The van der Waals surface area contributed by atoms with Gasteiger partial charge in [-0.15, -0.1) is 0 Å². The first-order valence-corrected chi connectivity index (χ1v) is 32.5. The molecule has 14 aromatic rings. The Labute approximate surface area is 525 Å². The summed E-state index contributed by atoms with van der Waals surface area (Å²) in [6.45, 7) is -0.263. The van der Waals surface area contributed by atoms with E-state index in [1.807, 2.05) is 0 Å². The zero-order valence-electron chi connectivity index (χ0n) is 48.4. The van der Waals surface area contributed by atoms with E-state index in [2.05, 4.69) is 335 Å². The van der Waals surface area contributed by atoms with Crippen molar-refractivity contribution in [1.82, 2.24) is 0 Å². The van der Waals surface area contributed by atoms with Crippen LogP contribution >= 0.6 is 0 Å². The van der Waals surface area contributed by atoms with Gasteiger partial charge in [0.25, 0.3) is 0 Å². The molecule has 19 rings (SSSR count). The van der Waals surface area contributed by atoms with Crippen LogP contribution in [0.4, 0.5) is 68.2 Å². The topological polar surface area (TPSA) is 13.0 Å². The number of rotatable bonds is 8. The summed E-state index contributed by atoms with van der Waals surface area (Å²) in [4.78, 5) is 10.7. The van der Waals surface area contributed by atoms with E-state index >= 15 is 0 Å². The molecule has 0 N–H and O–H groups in total. The number of para-hydroxylation sites is 2. The number of hydrogen-bond acceptors (Lipinski definition) is 4. The monoisotopic (exact) mass is 1190 g/mol. The van der Waals surface area contributed by atoms with Crippen molar-refractivity contribution in [3.05, 3.63) is 315 Å². The van der Waals surface area contributed by atoms with Crippen molar-refractivity contribution in [1.29, 1.82) is 0 Å². The molecule has 0 bridgehead atoms. The minimum atomic E-state index is -0.151. The van der Waals surface area contributed by atoms with Gasteiger partial charge in [-0.05, 0) is 0 Å². The van der Waals surface area contributed by atoms with Crippen LogP contribution in [-0.4, -0.2) is 27.9 Å². The third-order valence-corrected chi connectivity index (χ3v) is 21.8. The third kappa shape index (κ3) is 7.56. The molecule has 0 amide bonds. The number of anilines is 12. The quantitative estimate of drug-likeness (QED) is 0.141. The van der Waals surface area contributed by atoms with Gasteiger partial charge in [0, 0.05) is 0 Å². The van der Waals surface area contributed by atoms with E-state index in [9.17, 15) is 0 Å². The van der Waals surface area contributed by atoms with Crippen molar-refractivity contribution < 1.29 is 0 Å². The Morgan fingerprint density at radius 3 is 0.944 bits per heavy atom. The molecule has 13 aromatic carbocycles. The molecule has 5 aliphatic rings. The minimum absolute atomic E-state index is 0.126. The van der Waals surface area contributed by atoms with Gasteiger partial charge in [0.15, 0.2) is 0 Å². The molecule has 4 nitrogen and oxygen atoms in total. The summed E-state index contributed by atoms with van der Waals surface area (Å²) in [7, 11) is 0. The molecule has 5 aliphatic heterocycles. The fourth-order valence-corrected chi connectivity index (χ4v) is 18.0. The number of nitrogens with zero attached hydrogens (tertiary/aromatic N) is 4. The van der Waals surface area contributed by atoms with Gasteiger partial charge < -0.3 is 0 Å². The second-order valence-corrected chi connectivity index (χ2v) is 26.0. The molecule has 0 atom stereocenters. The zero-order valence-corrected chi connectivity index (χ0v) is 50.1. The molecule has 0 saturated carbocycles. The molecule has 6 heterocycles. The summed E-state index contributed by atoms with van der Waals surface area (Å²) in [5, 5.41) is 0. The first-order chi connectivity index (χ1) is 44.2. The Hall–Kier alpha value is -10.8. The molecule has 1 aromatic heterocycles. The SMILES string of the molecule is c1ccc(-c2ccc3c(c2)B2c4ccc5c6c4N(c4cc(-c7ccccc7)cc(c42)N3c2ccccc2)c2c(-c3ccccc3)[se]c(-c3ccccc3)c2N6c2cc(-c3ccccc3)cc3c2B5c2ccc(-c4ccccc4)cc2N3c2ccccc2)cc1. The molecule has 0 fully saturated rings. The first kappa shape index (κ1) is 50.4. The van der Waals surface area contributed by atoms with Crippen molar-refractivity contribution in [3.63, 3.8) is 0 Å². The van der Waals surface area contributed by atoms with Crippen LogP contribution in [0.3, 0.4) is 0 Å². The van der Waals surface area contributed by atoms with Crippen LogP contribution in [0.1, 0.15) is 0 Å². The Morgan fingerprint density at radius 1 is 0.202 bits per heavy atom. The number of fused-ring (bicyclic) bond motifs is 11.